The maximum Gasteiger partial charge on any atom is 0.265 e. The van der Waals surface area contributed by atoms with Crippen molar-refractivity contribution < 1.29 is 13.9 Å². The molecule has 0 aliphatic heterocycles. The third-order valence-electron chi connectivity index (χ3n) is 3.65. The third-order valence-corrected chi connectivity index (χ3v) is 4.80. The molecular formula is C18H12ClN3O3S. The lowest BCUT2D eigenvalue weighted by atomic mass is 10.1. The zero-order chi connectivity index (χ0) is 18.1. The largest absolute Gasteiger partial charge is 0.493 e. The SMILES string of the molecule is COc1c(Cl)cc(-c2nc3ncccc3o2)cc1NC(=O)c1cccs1. The van der Waals surface area contributed by atoms with Crippen LogP contribution in [0.15, 0.2) is 52.4 Å². The number of halogens is 1. The second kappa shape index (κ2) is 6.78. The maximum absolute atomic E-state index is 12.4. The van der Waals surface area contributed by atoms with E-state index < -0.39 is 0 Å². The highest BCUT2D eigenvalue weighted by molar-refractivity contribution is 7.12. The molecule has 26 heavy (non-hydrogen) atoms. The molecule has 0 aliphatic rings. The number of ether oxygens (including phenoxy) is 1. The molecule has 0 saturated carbocycles. The Bertz CT molecular complexity index is 1060. The van der Waals surface area contributed by atoms with Crippen molar-refractivity contribution in [2.24, 2.45) is 0 Å². The molecule has 1 N–H and O–H groups in total. The van der Waals surface area contributed by atoms with Gasteiger partial charge in [-0.1, -0.05) is 17.7 Å². The van der Waals surface area contributed by atoms with E-state index in [0.717, 1.165) is 0 Å². The van der Waals surface area contributed by atoms with Gasteiger partial charge in [0.15, 0.2) is 17.0 Å². The lowest BCUT2D eigenvalue weighted by molar-refractivity contribution is 0.103. The highest BCUT2D eigenvalue weighted by Gasteiger charge is 2.18. The standard InChI is InChI=1S/C18H12ClN3O3S/c1-24-15-11(19)8-10(18-22-16-13(25-18)4-2-6-20-16)9-12(15)21-17(23)14-5-3-7-26-14/h2-9H,1H3,(H,21,23). The van der Waals surface area contributed by atoms with Crippen LogP contribution in [0.25, 0.3) is 22.7 Å². The van der Waals surface area contributed by atoms with Crippen LogP contribution in [0.1, 0.15) is 9.67 Å². The normalized spacial score (nSPS) is 10.8. The highest BCUT2D eigenvalue weighted by Crippen LogP contribution is 2.38. The van der Waals surface area contributed by atoms with E-state index in [0.29, 0.717) is 44.0 Å². The summed E-state index contributed by atoms with van der Waals surface area (Å²) in [5, 5.41) is 4.99. The van der Waals surface area contributed by atoms with Gasteiger partial charge in [-0.15, -0.1) is 11.3 Å². The number of carbonyl (C=O) groups excluding carboxylic acids is 1. The van der Waals surface area contributed by atoms with Gasteiger partial charge < -0.3 is 14.5 Å². The van der Waals surface area contributed by atoms with Gasteiger partial charge in [0.1, 0.15) is 0 Å². The monoisotopic (exact) mass is 385 g/mol. The summed E-state index contributed by atoms with van der Waals surface area (Å²) in [7, 11) is 1.49. The lowest BCUT2D eigenvalue weighted by Gasteiger charge is -2.12. The molecule has 3 aromatic heterocycles. The molecule has 0 unspecified atom stereocenters. The number of rotatable bonds is 4. The molecule has 0 fully saturated rings. The van der Waals surface area contributed by atoms with Crippen LogP contribution < -0.4 is 10.1 Å². The van der Waals surface area contributed by atoms with Gasteiger partial charge in [-0.25, -0.2) is 4.98 Å². The minimum Gasteiger partial charge on any atom is -0.493 e. The first-order valence-electron chi connectivity index (χ1n) is 7.60. The summed E-state index contributed by atoms with van der Waals surface area (Å²) in [6, 6.07) is 10.5. The Kier molecular flexibility index (Phi) is 4.32. The zero-order valence-corrected chi connectivity index (χ0v) is 15.1. The summed E-state index contributed by atoms with van der Waals surface area (Å²) in [5.74, 6) is 0.482. The van der Waals surface area contributed by atoms with Gasteiger partial charge in [0.25, 0.3) is 5.91 Å². The molecule has 6 nitrogen and oxygen atoms in total. The minimum absolute atomic E-state index is 0.245. The average molecular weight is 386 g/mol. The molecule has 1 amide bonds. The van der Waals surface area contributed by atoms with Crippen LogP contribution in [0.5, 0.6) is 5.75 Å². The summed E-state index contributed by atoms with van der Waals surface area (Å²) in [4.78, 5) is 21.5. The molecular weight excluding hydrogens is 374 g/mol. The van der Waals surface area contributed by atoms with E-state index in [2.05, 4.69) is 15.3 Å². The minimum atomic E-state index is -0.245. The molecule has 0 bridgehead atoms. The number of nitrogens with zero attached hydrogens (tertiary/aromatic N) is 2. The third kappa shape index (κ3) is 3.02. The lowest BCUT2D eigenvalue weighted by Crippen LogP contribution is -2.11. The highest BCUT2D eigenvalue weighted by atomic mass is 35.5. The molecule has 0 atom stereocenters. The van der Waals surface area contributed by atoms with Crippen molar-refractivity contribution in [1.82, 2.24) is 9.97 Å². The Morgan fingerprint density at radius 1 is 1.31 bits per heavy atom. The van der Waals surface area contributed by atoms with Crippen molar-refractivity contribution in [3.63, 3.8) is 0 Å². The first kappa shape index (κ1) is 16.6. The van der Waals surface area contributed by atoms with Crippen molar-refractivity contribution in [1.29, 1.82) is 0 Å². The Hall–Kier alpha value is -2.90. The van der Waals surface area contributed by atoms with E-state index in [4.69, 9.17) is 20.8 Å². The number of hydrogen-bond acceptors (Lipinski definition) is 6. The van der Waals surface area contributed by atoms with Crippen LogP contribution in [0.3, 0.4) is 0 Å². The molecule has 130 valence electrons. The van der Waals surface area contributed by atoms with E-state index >= 15 is 0 Å². The zero-order valence-electron chi connectivity index (χ0n) is 13.5. The van der Waals surface area contributed by atoms with Crippen LogP contribution in [-0.2, 0) is 0 Å². The summed E-state index contributed by atoms with van der Waals surface area (Å²) >= 11 is 7.68. The van der Waals surface area contributed by atoms with Crippen LogP contribution in [0.4, 0.5) is 5.69 Å². The van der Waals surface area contributed by atoms with Crippen molar-refractivity contribution in [2.75, 3.05) is 12.4 Å². The first-order valence-corrected chi connectivity index (χ1v) is 8.86. The van der Waals surface area contributed by atoms with E-state index in [1.54, 1.807) is 36.5 Å². The van der Waals surface area contributed by atoms with Gasteiger partial charge in [-0.05, 0) is 35.7 Å². The van der Waals surface area contributed by atoms with E-state index in [9.17, 15) is 4.79 Å². The first-order chi connectivity index (χ1) is 12.7. The van der Waals surface area contributed by atoms with Crippen molar-refractivity contribution in [3.8, 4) is 17.2 Å². The van der Waals surface area contributed by atoms with Crippen LogP contribution in [-0.4, -0.2) is 23.0 Å². The smallest absolute Gasteiger partial charge is 0.265 e. The fraction of sp³-hybridized carbons (Fsp3) is 0.0556. The predicted molar refractivity (Wildman–Crippen MR) is 101 cm³/mol. The Balaban J connectivity index is 1.76. The number of hydrogen-bond donors (Lipinski definition) is 1. The Morgan fingerprint density at radius 2 is 2.19 bits per heavy atom. The van der Waals surface area contributed by atoms with Crippen LogP contribution in [0, 0.1) is 0 Å². The second-order valence-electron chi connectivity index (χ2n) is 5.31. The molecule has 3 heterocycles. The number of benzene rings is 1. The van der Waals surface area contributed by atoms with E-state index in [-0.39, 0.29) is 5.91 Å². The number of nitrogens with one attached hydrogen (secondary N) is 1. The molecule has 0 aliphatic carbocycles. The quantitative estimate of drug-likeness (QED) is 0.542. The van der Waals surface area contributed by atoms with Crippen molar-refractivity contribution >= 4 is 45.8 Å². The Labute approximate surface area is 157 Å². The van der Waals surface area contributed by atoms with E-state index in [1.165, 1.54) is 18.4 Å². The molecule has 8 heteroatoms. The molecule has 0 saturated heterocycles. The molecule has 4 rings (SSSR count). The number of pyridine rings is 1. The fourth-order valence-electron chi connectivity index (χ4n) is 2.50. The maximum atomic E-state index is 12.4. The number of amides is 1. The number of aromatic nitrogens is 2. The fourth-order valence-corrected chi connectivity index (χ4v) is 3.42. The van der Waals surface area contributed by atoms with Crippen molar-refractivity contribution in [2.45, 2.75) is 0 Å². The van der Waals surface area contributed by atoms with Gasteiger partial charge in [0, 0.05) is 11.8 Å². The van der Waals surface area contributed by atoms with Crippen LogP contribution >= 0.6 is 22.9 Å². The number of thiophene rings is 1. The second-order valence-corrected chi connectivity index (χ2v) is 6.67. The number of oxazole rings is 1. The molecule has 0 spiro atoms. The summed E-state index contributed by atoms with van der Waals surface area (Å²) < 4.78 is 11.1. The summed E-state index contributed by atoms with van der Waals surface area (Å²) in [6.07, 6.45) is 1.64. The molecule has 1 aromatic carbocycles. The van der Waals surface area contributed by atoms with Gasteiger partial charge in [0.05, 0.1) is 22.7 Å². The summed E-state index contributed by atoms with van der Waals surface area (Å²) in [6.45, 7) is 0. The summed E-state index contributed by atoms with van der Waals surface area (Å²) in [5.41, 5.74) is 2.11. The van der Waals surface area contributed by atoms with Gasteiger partial charge >= 0.3 is 0 Å². The Morgan fingerprint density at radius 3 is 2.92 bits per heavy atom. The number of carbonyl (C=O) groups is 1. The van der Waals surface area contributed by atoms with Gasteiger partial charge in [-0.3, -0.25) is 4.79 Å². The topological polar surface area (TPSA) is 77.2 Å². The van der Waals surface area contributed by atoms with E-state index in [1.807, 2.05) is 11.4 Å². The number of methoxy groups -OCH3 is 1. The molecule has 4 aromatic rings. The van der Waals surface area contributed by atoms with Crippen molar-refractivity contribution in [3.05, 3.63) is 57.9 Å². The predicted octanol–water partition coefficient (Wildman–Crippen LogP) is 4.87. The van der Waals surface area contributed by atoms with Gasteiger partial charge in [-0.2, -0.15) is 4.98 Å². The van der Waals surface area contributed by atoms with Crippen LogP contribution in [0.2, 0.25) is 5.02 Å². The number of anilines is 1. The molecule has 0 radical (unpaired) electrons. The number of fused-ring (bicyclic) bond motifs is 1. The van der Waals surface area contributed by atoms with Gasteiger partial charge in [0.2, 0.25) is 5.89 Å². The average Bonchev–Trinajstić information content (AvgIpc) is 3.31.